The predicted molar refractivity (Wildman–Crippen MR) is 109 cm³/mol. The number of nitrogens with one attached hydrogen (secondary N) is 1. The van der Waals surface area contributed by atoms with Gasteiger partial charge in [-0.3, -0.25) is 4.79 Å². The van der Waals surface area contributed by atoms with E-state index in [2.05, 4.69) is 15.4 Å². The summed E-state index contributed by atoms with van der Waals surface area (Å²) in [6, 6.07) is 9.25. The molecule has 0 radical (unpaired) electrons. The minimum absolute atomic E-state index is 0.00296. The Morgan fingerprint density at radius 2 is 1.75 bits per heavy atom. The van der Waals surface area contributed by atoms with Crippen LogP contribution in [-0.4, -0.2) is 32.3 Å². The van der Waals surface area contributed by atoms with E-state index < -0.39 is 11.5 Å². The van der Waals surface area contributed by atoms with Gasteiger partial charge in [0.1, 0.15) is 18.3 Å². The maximum Gasteiger partial charge on any atom is 0.252 e. The molecule has 1 amide bonds. The Labute approximate surface area is 181 Å². The van der Waals surface area contributed by atoms with Crippen molar-refractivity contribution < 1.29 is 9.90 Å². The summed E-state index contributed by atoms with van der Waals surface area (Å²) in [5.41, 5.74) is -0.961. The zero-order chi connectivity index (χ0) is 20.3. The molecule has 0 fully saturated rings. The molecule has 1 unspecified atom stereocenters. The molecule has 1 heterocycles. The fourth-order valence-electron chi connectivity index (χ4n) is 2.68. The summed E-state index contributed by atoms with van der Waals surface area (Å²) < 4.78 is 1.44. The van der Waals surface area contributed by atoms with Crippen molar-refractivity contribution in [1.29, 1.82) is 0 Å². The standard InChI is InChI=1S/C18H14Cl4N4O2/c19-11-1-3-13(15(21)5-11)17(27)24-7-18(28,8-26-10-23-9-25-26)14-4-2-12(20)6-16(14)22/h1-6,9-10,28H,7-8H2,(H,24,27). The largest absolute Gasteiger partial charge is 0.381 e. The topological polar surface area (TPSA) is 80.0 Å². The molecule has 10 heteroatoms. The first-order valence-electron chi connectivity index (χ1n) is 8.02. The lowest BCUT2D eigenvalue weighted by Gasteiger charge is -2.29. The third-order valence-electron chi connectivity index (χ3n) is 4.04. The highest BCUT2D eigenvalue weighted by atomic mass is 35.5. The molecule has 146 valence electrons. The Hall–Kier alpha value is -1.83. The molecule has 0 aliphatic heterocycles. The maximum absolute atomic E-state index is 12.6. The average molecular weight is 460 g/mol. The Balaban J connectivity index is 1.87. The van der Waals surface area contributed by atoms with E-state index in [0.29, 0.717) is 15.6 Å². The first kappa shape index (κ1) is 20.9. The molecule has 0 aliphatic carbocycles. The van der Waals surface area contributed by atoms with Crippen molar-refractivity contribution in [3.05, 3.63) is 80.3 Å². The van der Waals surface area contributed by atoms with Crippen molar-refractivity contribution >= 4 is 52.3 Å². The van der Waals surface area contributed by atoms with Crippen LogP contribution in [0.15, 0.2) is 49.1 Å². The van der Waals surface area contributed by atoms with Crippen LogP contribution in [0.3, 0.4) is 0 Å². The molecule has 0 spiro atoms. The maximum atomic E-state index is 12.6. The molecule has 6 nitrogen and oxygen atoms in total. The monoisotopic (exact) mass is 458 g/mol. The first-order chi connectivity index (χ1) is 13.3. The minimum Gasteiger partial charge on any atom is -0.381 e. The molecule has 28 heavy (non-hydrogen) atoms. The minimum atomic E-state index is -1.58. The van der Waals surface area contributed by atoms with Crippen LogP contribution in [0.1, 0.15) is 15.9 Å². The molecule has 0 bridgehead atoms. The first-order valence-corrected chi connectivity index (χ1v) is 9.53. The molecule has 1 aromatic heterocycles. The van der Waals surface area contributed by atoms with Gasteiger partial charge in [-0.25, -0.2) is 9.67 Å². The van der Waals surface area contributed by atoms with Gasteiger partial charge < -0.3 is 10.4 Å². The zero-order valence-electron chi connectivity index (χ0n) is 14.2. The summed E-state index contributed by atoms with van der Waals surface area (Å²) in [5.74, 6) is -0.469. The number of aliphatic hydroxyl groups is 1. The smallest absolute Gasteiger partial charge is 0.252 e. The van der Waals surface area contributed by atoms with E-state index >= 15 is 0 Å². The van der Waals surface area contributed by atoms with Crippen LogP contribution < -0.4 is 5.32 Å². The molecule has 0 saturated heterocycles. The van der Waals surface area contributed by atoms with Crippen LogP contribution >= 0.6 is 46.4 Å². The van der Waals surface area contributed by atoms with E-state index in [1.165, 1.54) is 35.5 Å². The highest BCUT2D eigenvalue weighted by Gasteiger charge is 2.33. The van der Waals surface area contributed by atoms with Gasteiger partial charge in [-0.05, 0) is 30.3 Å². The van der Waals surface area contributed by atoms with Crippen molar-refractivity contribution in [3.8, 4) is 0 Å². The fourth-order valence-corrected chi connectivity index (χ4v) is 3.76. The van der Waals surface area contributed by atoms with Crippen LogP contribution in [0.5, 0.6) is 0 Å². The van der Waals surface area contributed by atoms with Crippen molar-refractivity contribution in [2.75, 3.05) is 6.54 Å². The van der Waals surface area contributed by atoms with Crippen molar-refractivity contribution in [2.45, 2.75) is 12.1 Å². The molecule has 2 N–H and O–H groups in total. The highest BCUT2D eigenvalue weighted by Crippen LogP contribution is 2.32. The molecule has 3 rings (SSSR count). The highest BCUT2D eigenvalue weighted by molar-refractivity contribution is 6.37. The number of aromatic nitrogens is 3. The number of hydrogen-bond acceptors (Lipinski definition) is 4. The van der Waals surface area contributed by atoms with E-state index in [0.717, 1.165) is 0 Å². The van der Waals surface area contributed by atoms with Gasteiger partial charge in [-0.1, -0.05) is 52.5 Å². The van der Waals surface area contributed by atoms with E-state index in [-0.39, 0.29) is 28.7 Å². The molecule has 2 aromatic carbocycles. The second-order valence-electron chi connectivity index (χ2n) is 6.06. The van der Waals surface area contributed by atoms with Gasteiger partial charge in [0.15, 0.2) is 0 Å². The number of rotatable bonds is 6. The molecule has 0 saturated carbocycles. The second-order valence-corrected chi connectivity index (χ2v) is 7.74. The Morgan fingerprint density at radius 1 is 1.07 bits per heavy atom. The van der Waals surface area contributed by atoms with Gasteiger partial charge in [0.25, 0.3) is 5.91 Å². The van der Waals surface area contributed by atoms with Crippen LogP contribution in [0.25, 0.3) is 0 Å². The zero-order valence-corrected chi connectivity index (χ0v) is 17.3. The number of nitrogens with zero attached hydrogens (tertiary/aromatic N) is 3. The quantitative estimate of drug-likeness (QED) is 0.578. The number of hydrogen-bond donors (Lipinski definition) is 2. The van der Waals surface area contributed by atoms with Gasteiger partial charge in [-0.15, -0.1) is 0 Å². The Bertz CT molecular complexity index is 997. The molecule has 3 aromatic rings. The third kappa shape index (κ3) is 4.77. The van der Waals surface area contributed by atoms with Crippen molar-refractivity contribution in [1.82, 2.24) is 20.1 Å². The normalized spacial score (nSPS) is 13.2. The molecular weight excluding hydrogens is 446 g/mol. The summed E-state index contributed by atoms with van der Waals surface area (Å²) in [5, 5.41) is 19.3. The van der Waals surface area contributed by atoms with Crippen LogP contribution in [-0.2, 0) is 12.1 Å². The van der Waals surface area contributed by atoms with E-state index in [1.807, 2.05) is 0 Å². The molecule has 0 aliphatic rings. The lowest BCUT2D eigenvalue weighted by Crippen LogP contribution is -2.44. The van der Waals surface area contributed by atoms with Gasteiger partial charge >= 0.3 is 0 Å². The number of benzene rings is 2. The average Bonchev–Trinajstić information content (AvgIpc) is 3.12. The van der Waals surface area contributed by atoms with Crippen molar-refractivity contribution in [3.63, 3.8) is 0 Å². The summed E-state index contributed by atoms with van der Waals surface area (Å²) in [6.45, 7) is -0.158. The SMILES string of the molecule is O=C(NCC(O)(Cn1cncn1)c1ccc(Cl)cc1Cl)c1ccc(Cl)cc1Cl. The van der Waals surface area contributed by atoms with Crippen molar-refractivity contribution in [2.24, 2.45) is 0 Å². The number of amides is 1. The molecular formula is C18H14Cl4N4O2. The van der Waals surface area contributed by atoms with E-state index in [1.54, 1.807) is 18.2 Å². The van der Waals surface area contributed by atoms with E-state index in [4.69, 9.17) is 46.4 Å². The summed E-state index contributed by atoms with van der Waals surface area (Å²) in [4.78, 5) is 16.4. The van der Waals surface area contributed by atoms with Gasteiger partial charge in [0, 0.05) is 20.6 Å². The van der Waals surface area contributed by atoms with Gasteiger partial charge in [0.05, 0.1) is 23.7 Å². The Kier molecular flexibility index (Phi) is 6.47. The number of carbonyl (C=O) groups is 1. The fraction of sp³-hybridized carbons (Fsp3) is 0.167. The van der Waals surface area contributed by atoms with Crippen LogP contribution in [0.2, 0.25) is 20.1 Å². The predicted octanol–water partition coefficient (Wildman–Crippen LogP) is 4.21. The summed E-state index contributed by atoms with van der Waals surface area (Å²) in [6.07, 6.45) is 2.79. The van der Waals surface area contributed by atoms with Gasteiger partial charge in [0.2, 0.25) is 0 Å². The van der Waals surface area contributed by atoms with Crippen LogP contribution in [0, 0.1) is 0 Å². The Morgan fingerprint density at radius 3 is 2.36 bits per heavy atom. The third-order valence-corrected chi connectivity index (χ3v) is 5.14. The van der Waals surface area contributed by atoms with Crippen LogP contribution in [0.4, 0.5) is 0 Å². The van der Waals surface area contributed by atoms with E-state index in [9.17, 15) is 9.90 Å². The molecule has 1 atom stereocenters. The summed E-state index contributed by atoms with van der Waals surface area (Å²) in [7, 11) is 0. The number of halogens is 4. The second kappa shape index (κ2) is 8.68. The lowest BCUT2D eigenvalue weighted by atomic mass is 9.93. The lowest BCUT2D eigenvalue weighted by molar-refractivity contribution is 0.0153. The summed E-state index contributed by atoms with van der Waals surface area (Å²) >= 11 is 24.2. The number of carbonyl (C=O) groups excluding carboxylic acids is 1. The van der Waals surface area contributed by atoms with Gasteiger partial charge in [-0.2, -0.15) is 5.10 Å².